The average Bonchev–Trinajstić information content (AvgIpc) is 2.65. The standard InChI is InChI=1S/C26H35NO2/c1-15(2)18-7-9-19(10-8-18)25(29)23-17(5)22-20(27-24(23)16(3)4)13-26(11-6-12-26)14-21(22)28/h7-10,15-16,21,25,28-29H,6,11-14H2,1-5H3. The number of fused-ring (bicyclic) bond motifs is 1. The molecule has 1 aromatic heterocycles. The highest BCUT2D eigenvalue weighted by Crippen LogP contribution is 2.54. The third-order valence-electron chi connectivity index (χ3n) is 7.31. The van der Waals surface area contributed by atoms with Gasteiger partial charge in [0, 0.05) is 22.5 Å². The number of hydrogen-bond acceptors (Lipinski definition) is 3. The fraction of sp³-hybridized carbons (Fsp3) is 0.577. The van der Waals surface area contributed by atoms with Crippen molar-refractivity contribution in [2.45, 2.75) is 90.8 Å². The van der Waals surface area contributed by atoms with Gasteiger partial charge in [-0.2, -0.15) is 0 Å². The number of hydrogen-bond donors (Lipinski definition) is 2. The van der Waals surface area contributed by atoms with Crippen LogP contribution in [0.1, 0.15) is 117 Å². The van der Waals surface area contributed by atoms with E-state index in [1.807, 2.05) is 12.1 Å². The first-order valence-corrected chi connectivity index (χ1v) is 11.2. The van der Waals surface area contributed by atoms with E-state index in [0.717, 1.165) is 46.5 Å². The van der Waals surface area contributed by atoms with Crippen LogP contribution in [0.25, 0.3) is 0 Å². The summed E-state index contributed by atoms with van der Waals surface area (Å²) in [6, 6.07) is 8.27. The van der Waals surface area contributed by atoms with E-state index in [-0.39, 0.29) is 11.3 Å². The van der Waals surface area contributed by atoms with Gasteiger partial charge in [0.2, 0.25) is 0 Å². The van der Waals surface area contributed by atoms with Crippen LogP contribution in [0.15, 0.2) is 24.3 Å². The second-order valence-corrected chi connectivity index (χ2v) is 10.0. The highest BCUT2D eigenvalue weighted by molar-refractivity contribution is 5.48. The minimum Gasteiger partial charge on any atom is -0.388 e. The van der Waals surface area contributed by atoms with Crippen molar-refractivity contribution in [1.82, 2.24) is 4.98 Å². The Labute approximate surface area is 175 Å². The molecule has 4 rings (SSSR count). The zero-order valence-electron chi connectivity index (χ0n) is 18.5. The van der Waals surface area contributed by atoms with Gasteiger partial charge >= 0.3 is 0 Å². The van der Waals surface area contributed by atoms with E-state index < -0.39 is 12.2 Å². The van der Waals surface area contributed by atoms with Crippen LogP contribution in [0.5, 0.6) is 0 Å². The summed E-state index contributed by atoms with van der Waals surface area (Å²) >= 11 is 0. The summed E-state index contributed by atoms with van der Waals surface area (Å²) in [5.41, 5.74) is 7.35. The van der Waals surface area contributed by atoms with Gasteiger partial charge in [-0.05, 0) is 66.5 Å². The van der Waals surface area contributed by atoms with Crippen LogP contribution in [0.4, 0.5) is 0 Å². The van der Waals surface area contributed by atoms with Crippen LogP contribution >= 0.6 is 0 Å². The summed E-state index contributed by atoms with van der Waals surface area (Å²) in [5.74, 6) is 0.684. The smallest absolute Gasteiger partial charge is 0.106 e. The molecular formula is C26H35NO2. The molecule has 1 spiro atoms. The average molecular weight is 394 g/mol. The highest BCUT2D eigenvalue weighted by atomic mass is 16.3. The third-order valence-corrected chi connectivity index (χ3v) is 7.31. The Morgan fingerprint density at radius 3 is 2.14 bits per heavy atom. The molecule has 29 heavy (non-hydrogen) atoms. The Hall–Kier alpha value is -1.71. The lowest BCUT2D eigenvalue weighted by molar-refractivity contribution is 0.0238. The molecular weight excluding hydrogens is 358 g/mol. The van der Waals surface area contributed by atoms with Crippen molar-refractivity contribution in [2.24, 2.45) is 5.41 Å². The lowest BCUT2D eigenvalue weighted by Gasteiger charge is -2.47. The molecule has 156 valence electrons. The van der Waals surface area contributed by atoms with Crippen LogP contribution in [0.3, 0.4) is 0 Å². The van der Waals surface area contributed by atoms with Crippen molar-refractivity contribution < 1.29 is 10.2 Å². The summed E-state index contributed by atoms with van der Waals surface area (Å²) in [6.45, 7) is 10.7. The predicted octanol–water partition coefficient (Wildman–Crippen LogP) is 5.87. The van der Waals surface area contributed by atoms with Gasteiger partial charge in [0.15, 0.2) is 0 Å². The van der Waals surface area contributed by atoms with Gasteiger partial charge in [-0.1, -0.05) is 58.4 Å². The van der Waals surface area contributed by atoms with Crippen molar-refractivity contribution in [3.05, 3.63) is 63.5 Å². The summed E-state index contributed by atoms with van der Waals surface area (Å²) < 4.78 is 0. The molecule has 3 nitrogen and oxygen atoms in total. The van der Waals surface area contributed by atoms with E-state index in [0.29, 0.717) is 5.92 Å². The van der Waals surface area contributed by atoms with Crippen LogP contribution in [0, 0.1) is 12.3 Å². The molecule has 0 saturated heterocycles. The van der Waals surface area contributed by atoms with Gasteiger partial charge < -0.3 is 10.2 Å². The summed E-state index contributed by atoms with van der Waals surface area (Å²) in [5, 5.41) is 22.4. The third kappa shape index (κ3) is 3.53. The maximum Gasteiger partial charge on any atom is 0.106 e. The van der Waals surface area contributed by atoms with Crippen molar-refractivity contribution in [2.75, 3.05) is 0 Å². The van der Waals surface area contributed by atoms with Crippen LogP contribution in [-0.4, -0.2) is 15.2 Å². The van der Waals surface area contributed by atoms with Gasteiger partial charge in [-0.25, -0.2) is 0 Å². The highest BCUT2D eigenvalue weighted by Gasteiger charge is 2.44. The number of aliphatic hydroxyl groups excluding tert-OH is 2. The van der Waals surface area contributed by atoms with Gasteiger partial charge in [0.05, 0.1) is 6.10 Å². The minimum absolute atomic E-state index is 0.218. The number of aliphatic hydroxyl groups is 2. The van der Waals surface area contributed by atoms with Crippen molar-refractivity contribution in [3.63, 3.8) is 0 Å². The van der Waals surface area contributed by atoms with E-state index in [2.05, 4.69) is 46.8 Å². The molecule has 2 N–H and O–H groups in total. The Kier molecular flexibility index (Phi) is 5.33. The quantitative estimate of drug-likeness (QED) is 0.683. The van der Waals surface area contributed by atoms with Gasteiger partial charge in [-0.15, -0.1) is 0 Å². The topological polar surface area (TPSA) is 53.4 Å². The van der Waals surface area contributed by atoms with E-state index in [4.69, 9.17) is 4.98 Å². The van der Waals surface area contributed by atoms with Crippen molar-refractivity contribution in [3.8, 4) is 0 Å². The fourth-order valence-corrected chi connectivity index (χ4v) is 5.41. The molecule has 2 aliphatic carbocycles. The fourth-order valence-electron chi connectivity index (χ4n) is 5.41. The number of benzene rings is 1. The Balaban J connectivity index is 1.79. The van der Waals surface area contributed by atoms with Gasteiger partial charge in [-0.3, -0.25) is 4.98 Å². The second kappa shape index (κ2) is 7.52. The first-order valence-electron chi connectivity index (χ1n) is 11.2. The van der Waals surface area contributed by atoms with Crippen LogP contribution in [-0.2, 0) is 6.42 Å². The molecule has 1 fully saturated rings. The lowest BCUT2D eigenvalue weighted by Crippen LogP contribution is -2.38. The number of nitrogens with zero attached hydrogens (tertiary/aromatic N) is 1. The van der Waals surface area contributed by atoms with E-state index in [1.165, 1.54) is 24.8 Å². The van der Waals surface area contributed by atoms with Crippen LogP contribution < -0.4 is 0 Å². The first kappa shape index (κ1) is 20.6. The number of pyridine rings is 1. The predicted molar refractivity (Wildman–Crippen MR) is 117 cm³/mol. The number of rotatable bonds is 4. The Morgan fingerprint density at radius 1 is 1.00 bits per heavy atom. The van der Waals surface area contributed by atoms with Crippen LogP contribution in [0.2, 0.25) is 0 Å². The molecule has 1 saturated carbocycles. The van der Waals surface area contributed by atoms with Gasteiger partial charge in [0.25, 0.3) is 0 Å². The SMILES string of the molecule is Cc1c2c(nc(C(C)C)c1C(O)c1ccc(C(C)C)cc1)CC1(CCC1)CC2O. The summed E-state index contributed by atoms with van der Waals surface area (Å²) in [7, 11) is 0. The van der Waals surface area contributed by atoms with Gasteiger partial charge in [0.1, 0.15) is 6.10 Å². The zero-order chi connectivity index (χ0) is 20.9. The summed E-state index contributed by atoms with van der Waals surface area (Å²) in [6.07, 6.45) is 4.28. The van der Waals surface area contributed by atoms with E-state index in [1.54, 1.807) is 0 Å². The Bertz CT molecular complexity index is 894. The zero-order valence-corrected chi connectivity index (χ0v) is 18.5. The molecule has 0 amide bonds. The van der Waals surface area contributed by atoms with E-state index in [9.17, 15) is 10.2 Å². The first-order chi connectivity index (χ1) is 13.7. The maximum absolute atomic E-state index is 11.4. The normalized spacial score (nSPS) is 21.3. The minimum atomic E-state index is -0.724. The molecule has 2 unspecified atom stereocenters. The molecule has 2 atom stereocenters. The molecule has 0 aliphatic heterocycles. The van der Waals surface area contributed by atoms with Crippen molar-refractivity contribution >= 4 is 0 Å². The monoisotopic (exact) mass is 393 g/mol. The molecule has 1 heterocycles. The van der Waals surface area contributed by atoms with Crippen molar-refractivity contribution in [1.29, 1.82) is 0 Å². The molecule has 2 aliphatic rings. The summed E-state index contributed by atoms with van der Waals surface area (Å²) in [4.78, 5) is 5.07. The molecule has 1 aromatic carbocycles. The Morgan fingerprint density at radius 2 is 1.62 bits per heavy atom. The molecule has 0 radical (unpaired) electrons. The largest absolute Gasteiger partial charge is 0.388 e. The number of aromatic nitrogens is 1. The maximum atomic E-state index is 11.4. The second-order valence-electron chi connectivity index (χ2n) is 10.0. The lowest BCUT2D eigenvalue weighted by atomic mass is 9.59. The van der Waals surface area contributed by atoms with E-state index >= 15 is 0 Å². The molecule has 0 bridgehead atoms. The molecule has 2 aromatic rings. The molecule has 3 heteroatoms.